The lowest BCUT2D eigenvalue weighted by Gasteiger charge is -2.07. The molecule has 0 saturated carbocycles. The van der Waals surface area contributed by atoms with Crippen molar-refractivity contribution in [2.75, 3.05) is 11.1 Å². The number of nitrogens with one attached hydrogen (secondary N) is 1. The van der Waals surface area contributed by atoms with Crippen LogP contribution in [-0.4, -0.2) is 15.8 Å². The Hall–Kier alpha value is -3.73. The molecule has 0 aliphatic heterocycles. The number of halogens is 2. The first-order valence-corrected chi connectivity index (χ1v) is 12.1. The van der Waals surface area contributed by atoms with Crippen LogP contribution in [0.1, 0.15) is 9.67 Å². The predicted octanol–water partition coefficient (Wildman–Crippen LogP) is 7.38. The summed E-state index contributed by atoms with van der Waals surface area (Å²) in [5.41, 5.74) is 9.22. The molecule has 0 saturated heterocycles. The molecule has 8 nitrogen and oxygen atoms in total. The van der Waals surface area contributed by atoms with Crippen LogP contribution >= 0.6 is 38.9 Å². The second-order valence-electron chi connectivity index (χ2n) is 7.44. The van der Waals surface area contributed by atoms with Gasteiger partial charge in [0.1, 0.15) is 15.5 Å². The number of hydrogen-bond acceptors (Lipinski definition) is 7. The van der Waals surface area contributed by atoms with Crippen LogP contribution in [-0.2, 0) is 0 Å². The number of pyridine rings is 1. The highest BCUT2D eigenvalue weighted by Gasteiger charge is 2.23. The van der Waals surface area contributed by atoms with Crippen LogP contribution in [0.5, 0.6) is 0 Å². The average molecular weight is 570 g/mol. The number of thiophene rings is 1. The highest BCUT2D eigenvalue weighted by Crippen LogP contribution is 2.42. The Morgan fingerprint density at radius 3 is 2.60 bits per heavy atom. The monoisotopic (exact) mass is 568 g/mol. The van der Waals surface area contributed by atoms with Crippen LogP contribution in [0.15, 0.2) is 75.8 Å². The number of aromatic nitrogens is 1. The molecule has 0 fully saturated rings. The van der Waals surface area contributed by atoms with Gasteiger partial charge in [-0.3, -0.25) is 14.9 Å². The number of nitro benzene ring substituents is 1. The van der Waals surface area contributed by atoms with Gasteiger partial charge in [-0.15, -0.1) is 11.3 Å². The Bertz CT molecular complexity index is 1600. The molecule has 3 aromatic heterocycles. The molecular weight excluding hydrogens is 556 g/mol. The minimum atomic E-state index is -0.513. The first-order valence-electron chi connectivity index (χ1n) is 10.1. The van der Waals surface area contributed by atoms with Crippen molar-refractivity contribution in [1.82, 2.24) is 4.98 Å². The van der Waals surface area contributed by atoms with E-state index in [0.29, 0.717) is 42.4 Å². The lowest BCUT2D eigenvalue weighted by molar-refractivity contribution is -0.384. The molecule has 3 N–H and O–H groups in total. The molecule has 5 rings (SSSR count). The highest BCUT2D eigenvalue weighted by molar-refractivity contribution is 9.10. The van der Waals surface area contributed by atoms with Crippen molar-refractivity contribution in [3.8, 4) is 22.6 Å². The average Bonchev–Trinajstić information content (AvgIpc) is 3.49. The number of hydrogen-bond donors (Lipinski definition) is 2. The molecule has 0 atom stereocenters. The maximum atomic E-state index is 13.2. The summed E-state index contributed by atoms with van der Waals surface area (Å²) in [6, 6.07) is 16.8. The van der Waals surface area contributed by atoms with E-state index in [1.54, 1.807) is 24.5 Å². The molecule has 0 spiro atoms. The van der Waals surface area contributed by atoms with Crippen LogP contribution in [0.3, 0.4) is 0 Å². The number of non-ortho nitro benzene ring substituents is 1. The summed E-state index contributed by atoms with van der Waals surface area (Å²) in [6.45, 7) is 0. The normalized spacial score (nSPS) is 11.0. The first-order chi connectivity index (χ1) is 16.8. The minimum Gasteiger partial charge on any atom is -0.464 e. The van der Waals surface area contributed by atoms with Crippen molar-refractivity contribution in [2.45, 2.75) is 0 Å². The Balaban J connectivity index is 1.60. The highest BCUT2D eigenvalue weighted by atomic mass is 79.9. The Labute approximate surface area is 215 Å². The van der Waals surface area contributed by atoms with Crippen molar-refractivity contribution < 1.29 is 14.1 Å². The molecule has 1 amide bonds. The Morgan fingerprint density at radius 2 is 1.94 bits per heavy atom. The van der Waals surface area contributed by atoms with E-state index in [1.807, 2.05) is 24.3 Å². The van der Waals surface area contributed by atoms with Crippen LogP contribution in [0, 0.1) is 10.1 Å². The fourth-order valence-corrected chi connectivity index (χ4v) is 5.19. The van der Waals surface area contributed by atoms with Crippen molar-refractivity contribution in [3.05, 3.63) is 91.4 Å². The van der Waals surface area contributed by atoms with Crippen molar-refractivity contribution in [2.24, 2.45) is 0 Å². The molecule has 2 aromatic carbocycles. The smallest absolute Gasteiger partial charge is 0.270 e. The second-order valence-corrected chi connectivity index (χ2v) is 9.73. The van der Waals surface area contributed by atoms with Gasteiger partial charge in [-0.05, 0) is 52.3 Å². The van der Waals surface area contributed by atoms with Crippen molar-refractivity contribution in [1.29, 1.82) is 0 Å². The lowest BCUT2D eigenvalue weighted by Crippen LogP contribution is -2.12. The molecular formula is C24H14BrClN4O4S. The third-order valence-electron chi connectivity index (χ3n) is 5.24. The molecule has 5 aromatic rings. The van der Waals surface area contributed by atoms with E-state index < -0.39 is 10.8 Å². The topological polar surface area (TPSA) is 124 Å². The third kappa shape index (κ3) is 4.39. The zero-order valence-electron chi connectivity index (χ0n) is 17.6. The van der Waals surface area contributed by atoms with Crippen LogP contribution in [0.4, 0.5) is 17.1 Å². The van der Waals surface area contributed by atoms with Gasteiger partial charge in [0.15, 0.2) is 0 Å². The summed E-state index contributed by atoms with van der Waals surface area (Å²) >= 11 is 10.5. The van der Waals surface area contributed by atoms with Crippen LogP contribution in [0.25, 0.3) is 32.8 Å². The minimum absolute atomic E-state index is 0.0988. The fourth-order valence-electron chi connectivity index (χ4n) is 3.58. The summed E-state index contributed by atoms with van der Waals surface area (Å²) in [7, 11) is 0. The molecule has 0 unspecified atom stereocenters. The first kappa shape index (κ1) is 23.0. The number of anilines is 2. The van der Waals surface area contributed by atoms with Crippen LogP contribution in [0.2, 0.25) is 5.02 Å². The number of benzene rings is 2. The molecule has 3 heterocycles. The van der Waals surface area contributed by atoms with Crippen LogP contribution < -0.4 is 11.1 Å². The number of nitrogens with two attached hydrogens (primary N) is 1. The molecule has 0 aliphatic carbocycles. The second kappa shape index (κ2) is 9.14. The largest absolute Gasteiger partial charge is 0.464 e. The maximum Gasteiger partial charge on any atom is 0.270 e. The van der Waals surface area contributed by atoms with Gasteiger partial charge in [-0.2, -0.15) is 0 Å². The summed E-state index contributed by atoms with van der Waals surface area (Å²) in [4.78, 5) is 29.2. The van der Waals surface area contributed by atoms with Gasteiger partial charge in [-0.1, -0.05) is 23.7 Å². The van der Waals surface area contributed by atoms with Crippen molar-refractivity contribution >= 4 is 72.1 Å². The summed E-state index contributed by atoms with van der Waals surface area (Å²) in [5.74, 6) is 0.126. The van der Waals surface area contributed by atoms with E-state index in [-0.39, 0.29) is 16.3 Å². The molecule has 0 bridgehead atoms. The number of rotatable bonds is 5. The van der Waals surface area contributed by atoms with Gasteiger partial charge >= 0.3 is 0 Å². The van der Waals surface area contributed by atoms with E-state index in [9.17, 15) is 14.9 Å². The van der Waals surface area contributed by atoms with E-state index in [2.05, 4.69) is 21.2 Å². The van der Waals surface area contributed by atoms with Crippen molar-refractivity contribution in [3.63, 3.8) is 0 Å². The van der Waals surface area contributed by atoms with Gasteiger partial charge in [0.2, 0.25) is 0 Å². The molecule has 174 valence electrons. The van der Waals surface area contributed by atoms with Gasteiger partial charge in [0.25, 0.3) is 11.6 Å². The molecule has 0 radical (unpaired) electrons. The lowest BCUT2D eigenvalue weighted by atomic mass is 10.0. The van der Waals surface area contributed by atoms with Gasteiger partial charge < -0.3 is 15.5 Å². The number of nitrogen functional groups attached to an aromatic ring is 1. The number of nitro groups is 1. The number of amides is 1. The number of carbonyl (C=O) groups is 1. The Morgan fingerprint density at radius 1 is 1.17 bits per heavy atom. The zero-order chi connectivity index (χ0) is 24.7. The number of fused-ring (bicyclic) bond motifs is 1. The molecule has 0 aliphatic rings. The zero-order valence-corrected chi connectivity index (χ0v) is 20.8. The van der Waals surface area contributed by atoms with E-state index in [0.717, 1.165) is 16.9 Å². The molecule has 35 heavy (non-hydrogen) atoms. The maximum absolute atomic E-state index is 13.2. The Kier molecular flexibility index (Phi) is 6.01. The SMILES string of the molecule is Nc1c(C(=O)Nc2ccc([N+](=O)[O-])cc2Br)sc2nc(-c3ccc(Cl)cc3)cc(-c3ccco3)c12. The predicted molar refractivity (Wildman–Crippen MR) is 141 cm³/mol. The fraction of sp³-hybridized carbons (Fsp3) is 0. The standard InChI is InChI=1S/C24H14BrClN4O4S/c25-16-10-14(30(32)33)7-8-17(16)28-23(31)22-21(27)20-15(19-2-1-9-34-19)11-18(29-24(20)35-22)12-3-5-13(26)6-4-12/h1-11H,27H2,(H,28,31). The number of furan rings is 1. The van der Waals surface area contributed by atoms with Gasteiger partial charge in [0.05, 0.1) is 28.3 Å². The summed E-state index contributed by atoms with van der Waals surface area (Å²) in [6.07, 6.45) is 1.56. The quantitative estimate of drug-likeness (QED) is 0.168. The molecule has 11 heteroatoms. The number of nitrogens with zero attached hydrogens (tertiary/aromatic N) is 2. The van der Waals surface area contributed by atoms with Gasteiger partial charge in [-0.25, -0.2) is 4.98 Å². The van der Waals surface area contributed by atoms with Gasteiger partial charge in [0, 0.05) is 38.1 Å². The van der Waals surface area contributed by atoms with E-state index in [4.69, 9.17) is 26.7 Å². The van der Waals surface area contributed by atoms with E-state index in [1.165, 1.54) is 18.2 Å². The summed E-state index contributed by atoms with van der Waals surface area (Å²) < 4.78 is 6.02. The summed E-state index contributed by atoms with van der Waals surface area (Å²) in [5, 5.41) is 15.0. The number of carbonyl (C=O) groups excluding carboxylic acids is 1. The van der Waals surface area contributed by atoms with E-state index >= 15 is 0 Å². The third-order valence-corrected chi connectivity index (χ3v) is 7.25.